The Balaban J connectivity index is 1.58. The molecule has 132 valence electrons. The van der Waals surface area contributed by atoms with E-state index in [0.29, 0.717) is 22.1 Å². The van der Waals surface area contributed by atoms with Crippen LogP contribution in [0.1, 0.15) is 12.8 Å². The van der Waals surface area contributed by atoms with Gasteiger partial charge in [0.15, 0.2) is 0 Å². The number of hydrogen-bond donors (Lipinski definition) is 3. The van der Waals surface area contributed by atoms with Gasteiger partial charge in [-0.2, -0.15) is 0 Å². The topological polar surface area (TPSA) is 87.8 Å². The zero-order valence-corrected chi connectivity index (χ0v) is 14.4. The smallest absolute Gasteiger partial charge is 0.409 e. The van der Waals surface area contributed by atoms with Gasteiger partial charge in [-0.05, 0) is 30.3 Å². The number of rotatable bonds is 4. The summed E-state index contributed by atoms with van der Waals surface area (Å²) < 4.78 is 6.00. The van der Waals surface area contributed by atoms with E-state index in [0.717, 1.165) is 31.6 Å². The van der Waals surface area contributed by atoms with Gasteiger partial charge in [0.25, 0.3) is 0 Å². The van der Waals surface area contributed by atoms with Crippen molar-refractivity contribution in [1.82, 2.24) is 0 Å². The molecule has 1 fully saturated rings. The van der Waals surface area contributed by atoms with Crippen molar-refractivity contribution >= 4 is 34.8 Å². The summed E-state index contributed by atoms with van der Waals surface area (Å²) in [6.45, 7) is 1.67. The number of carboxylic acid groups (broad SMARTS) is 1. The Morgan fingerprint density at radius 2 is 2.00 bits per heavy atom. The minimum absolute atomic E-state index is 0.0869. The fraction of sp³-hybridized carbons (Fsp3) is 0.278. The highest BCUT2D eigenvalue weighted by Gasteiger charge is 2.22. The van der Waals surface area contributed by atoms with Crippen LogP contribution >= 0.6 is 11.6 Å². The average Bonchev–Trinajstić information content (AvgIpc) is 2.56. The standard InChI is InChI=1S/C18H20ClN3O3/c19-16-10-12(20)4-5-17(16)22-8-6-14(7-9-22)25-15-3-1-2-13(11-15)21-18(23)24/h1-5,10-11,14,21H,6-9,20H2,(H,23,24). The van der Waals surface area contributed by atoms with E-state index in [-0.39, 0.29) is 6.10 Å². The van der Waals surface area contributed by atoms with Crippen LogP contribution in [0.3, 0.4) is 0 Å². The van der Waals surface area contributed by atoms with Crippen molar-refractivity contribution < 1.29 is 14.6 Å². The molecule has 0 bridgehead atoms. The quantitative estimate of drug-likeness (QED) is 0.715. The predicted octanol–water partition coefficient (Wildman–Crippen LogP) is 4.06. The molecule has 0 aromatic heterocycles. The zero-order valence-electron chi connectivity index (χ0n) is 13.6. The van der Waals surface area contributed by atoms with Crippen LogP contribution in [0.4, 0.5) is 21.9 Å². The molecular formula is C18H20ClN3O3. The van der Waals surface area contributed by atoms with Crippen molar-refractivity contribution in [3.05, 3.63) is 47.5 Å². The van der Waals surface area contributed by atoms with Gasteiger partial charge >= 0.3 is 6.09 Å². The molecule has 6 nitrogen and oxygen atoms in total. The van der Waals surface area contributed by atoms with Crippen molar-refractivity contribution in [2.75, 3.05) is 29.0 Å². The van der Waals surface area contributed by atoms with Gasteiger partial charge < -0.3 is 20.5 Å². The lowest BCUT2D eigenvalue weighted by atomic mass is 10.1. The van der Waals surface area contributed by atoms with Crippen LogP contribution in [0.25, 0.3) is 0 Å². The molecule has 1 saturated heterocycles. The number of carbonyl (C=O) groups is 1. The highest BCUT2D eigenvalue weighted by Crippen LogP contribution is 2.31. The van der Waals surface area contributed by atoms with E-state index in [4.69, 9.17) is 27.2 Å². The maximum Gasteiger partial charge on any atom is 0.409 e. The summed E-state index contributed by atoms with van der Waals surface area (Å²) in [6.07, 6.45) is 0.712. The number of ether oxygens (including phenoxy) is 1. The Hall–Kier alpha value is -2.60. The normalized spacial score (nSPS) is 15.0. The van der Waals surface area contributed by atoms with Crippen LogP contribution < -0.4 is 20.7 Å². The van der Waals surface area contributed by atoms with Crippen LogP contribution in [0.2, 0.25) is 5.02 Å². The van der Waals surface area contributed by atoms with Gasteiger partial charge in [-0.1, -0.05) is 17.7 Å². The third-order valence-electron chi connectivity index (χ3n) is 4.14. The number of nitrogens with two attached hydrogens (primary N) is 1. The molecular weight excluding hydrogens is 342 g/mol. The lowest BCUT2D eigenvalue weighted by Crippen LogP contribution is -2.38. The van der Waals surface area contributed by atoms with E-state index in [1.165, 1.54) is 0 Å². The first-order chi connectivity index (χ1) is 12.0. The molecule has 0 aliphatic carbocycles. The second-order valence-corrected chi connectivity index (χ2v) is 6.38. The Morgan fingerprint density at radius 3 is 2.68 bits per heavy atom. The van der Waals surface area contributed by atoms with Gasteiger partial charge in [-0.25, -0.2) is 4.79 Å². The molecule has 25 heavy (non-hydrogen) atoms. The Labute approximate surface area is 151 Å². The molecule has 0 spiro atoms. The number of nitrogens with one attached hydrogen (secondary N) is 1. The number of hydrogen-bond acceptors (Lipinski definition) is 4. The molecule has 0 saturated carbocycles. The van der Waals surface area contributed by atoms with Gasteiger partial charge in [0.05, 0.1) is 10.7 Å². The fourth-order valence-corrected chi connectivity index (χ4v) is 3.27. The number of halogens is 1. The third-order valence-corrected chi connectivity index (χ3v) is 4.45. The number of nitrogen functional groups attached to an aromatic ring is 1. The van der Waals surface area contributed by atoms with Crippen molar-refractivity contribution in [2.45, 2.75) is 18.9 Å². The lowest BCUT2D eigenvalue weighted by Gasteiger charge is -2.34. The summed E-state index contributed by atoms with van der Waals surface area (Å²) in [4.78, 5) is 12.9. The van der Waals surface area contributed by atoms with Crippen molar-refractivity contribution in [3.63, 3.8) is 0 Å². The van der Waals surface area contributed by atoms with E-state index in [1.54, 1.807) is 24.3 Å². The first-order valence-electron chi connectivity index (χ1n) is 8.08. The van der Waals surface area contributed by atoms with Crippen molar-refractivity contribution in [2.24, 2.45) is 0 Å². The molecule has 2 aromatic carbocycles. The fourth-order valence-electron chi connectivity index (χ4n) is 2.96. The van der Waals surface area contributed by atoms with Crippen LogP contribution in [0.15, 0.2) is 42.5 Å². The lowest BCUT2D eigenvalue weighted by molar-refractivity contribution is 0.171. The van der Waals surface area contributed by atoms with Gasteiger partial charge in [0, 0.05) is 43.4 Å². The Morgan fingerprint density at radius 1 is 1.24 bits per heavy atom. The van der Waals surface area contributed by atoms with Crippen LogP contribution in [0, 0.1) is 0 Å². The number of benzene rings is 2. The highest BCUT2D eigenvalue weighted by atomic mass is 35.5. The zero-order chi connectivity index (χ0) is 17.8. The molecule has 1 aliphatic rings. The maximum absolute atomic E-state index is 10.7. The van der Waals surface area contributed by atoms with Gasteiger partial charge in [0.2, 0.25) is 0 Å². The maximum atomic E-state index is 10.7. The largest absolute Gasteiger partial charge is 0.490 e. The second-order valence-electron chi connectivity index (χ2n) is 5.97. The van der Waals surface area contributed by atoms with Crippen molar-refractivity contribution in [1.29, 1.82) is 0 Å². The first-order valence-corrected chi connectivity index (χ1v) is 8.46. The molecule has 0 radical (unpaired) electrons. The molecule has 0 atom stereocenters. The van der Waals surface area contributed by atoms with Gasteiger partial charge in [-0.15, -0.1) is 0 Å². The summed E-state index contributed by atoms with van der Waals surface area (Å²) in [6, 6.07) is 12.5. The average molecular weight is 362 g/mol. The summed E-state index contributed by atoms with van der Waals surface area (Å²) in [7, 11) is 0. The second kappa shape index (κ2) is 7.53. The molecule has 0 unspecified atom stereocenters. The number of amides is 1. The monoisotopic (exact) mass is 361 g/mol. The van der Waals surface area contributed by atoms with Gasteiger partial charge in [-0.3, -0.25) is 5.32 Å². The number of nitrogens with zero attached hydrogens (tertiary/aromatic N) is 1. The molecule has 1 aliphatic heterocycles. The molecule has 4 N–H and O–H groups in total. The molecule has 2 aromatic rings. The van der Waals surface area contributed by atoms with Gasteiger partial charge in [0.1, 0.15) is 11.9 Å². The van der Waals surface area contributed by atoms with Crippen LogP contribution in [-0.4, -0.2) is 30.4 Å². The van der Waals surface area contributed by atoms with E-state index < -0.39 is 6.09 Å². The summed E-state index contributed by atoms with van der Waals surface area (Å²) in [5, 5.41) is 11.8. The molecule has 3 rings (SSSR count). The van der Waals surface area contributed by atoms with Crippen LogP contribution in [-0.2, 0) is 0 Å². The number of piperidine rings is 1. The number of anilines is 3. The third kappa shape index (κ3) is 4.48. The summed E-state index contributed by atoms with van der Waals surface area (Å²) in [5.41, 5.74) is 7.88. The molecule has 7 heteroatoms. The molecule has 1 amide bonds. The Bertz CT molecular complexity index is 761. The first kappa shape index (κ1) is 17.2. The predicted molar refractivity (Wildman–Crippen MR) is 99.8 cm³/mol. The van der Waals surface area contributed by atoms with Crippen LogP contribution in [0.5, 0.6) is 5.75 Å². The van der Waals surface area contributed by atoms with E-state index >= 15 is 0 Å². The van der Waals surface area contributed by atoms with Crippen molar-refractivity contribution in [3.8, 4) is 5.75 Å². The van der Waals surface area contributed by atoms with E-state index in [2.05, 4.69) is 10.2 Å². The minimum atomic E-state index is -1.09. The summed E-state index contributed by atoms with van der Waals surface area (Å²) in [5.74, 6) is 0.662. The molecule has 1 heterocycles. The minimum Gasteiger partial charge on any atom is -0.490 e. The SMILES string of the molecule is Nc1ccc(N2CCC(Oc3cccc(NC(=O)O)c3)CC2)c(Cl)c1. The Kier molecular flexibility index (Phi) is 5.19. The van der Waals surface area contributed by atoms with E-state index in [9.17, 15) is 4.79 Å². The summed E-state index contributed by atoms with van der Waals surface area (Å²) >= 11 is 6.28. The highest BCUT2D eigenvalue weighted by molar-refractivity contribution is 6.33. The van der Waals surface area contributed by atoms with E-state index in [1.807, 2.05) is 18.2 Å².